The first kappa shape index (κ1) is 13.2. The molecule has 6 heteroatoms. The fourth-order valence-electron chi connectivity index (χ4n) is 3.52. The summed E-state index contributed by atoms with van der Waals surface area (Å²) in [6.07, 6.45) is 2.46. The lowest BCUT2D eigenvalue weighted by Crippen LogP contribution is -2.43. The van der Waals surface area contributed by atoms with Gasteiger partial charge in [0, 0.05) is 26.1 Å². The maximum absolute atomic E-state index is 9.68. The van der Waals surface area contributed by atoms with Gasteiger partial charge in [0.15, 0.2) is 0 Å². The maximum atomic E-state index is 9.68. The summed E-state index contributed by atoms with van der Waals surface area (Å²) < 4.78 is 10.7. The van der Waals surface area contributed by atoms with E-state index in [0.29, 0.717) is 6.61 Å². The predicted molar refractivity (Wildman–Crippen MR) is 75.6 cm³/mol. The Bertz CT molecular complexity index is 634. The summed E-state index contributed by atoms with van der Waals surface area (Å²) >= 11 is 0. The first-order chi connectivity index (χ1) is 10.2. The van der Waals surface area contributed by atoms with Crippen molar-refractivity contribution in [1.29, 1.82) is 0 Å². The Labute approximate surface area is 122 Å². The van der Waals surface area contributed by atoms with E-state index in [1.54, 1.807) is 0 Å². The number of aliphatic hydroxyl groups excluding tert-OH is 1. The largest absolute Gasteiger partial charge is 0.391 e. The summed E-state index contributed by atoms with van der Waals surface area (Å²) in [6.45, 7) is 3.30. The van der Waals surface area contributed by atoms with Crippen LogP contribution in [-0.2, 0) is 11.3 Å². The quantitative estimate of drug-likeness (QED) is 0.899. The number of piperidine rings is 1. The number of aromatic nitrogens is 2. The number of rotatable bonds is 2. The van der Waals surface area contributed by atoms with E-state index in [-0.39, 0.29) is 11.7 Å². The first-order valence-corrected chi connectivity index (χ1v) is 7.49. The zero-order valence-corrected chi connectivity index (χ0v) is 11.9. The smallest absolute Gasteiger partial charge is 0.139 e. The van der Waals surface area contributed by atoms with Crippen LogP contribution >= 0.6 is 0 Å². The van der Waals surface area contributed by atoms with Gasteiger partial charge in [0.05, 0.1) is 18.3 Å². The molecule has 0 amide bonds. The van der Waals surface area contributed by atoms with Crippen molar-refractivity contribution in [3.63, 3.8) is 0 Å². The molecule has 112 valence electrons. The van der Waals surface area contributed by atoms with Crippen molar-refractivity contribution in [2.24, 2.45) is 0 Å². The highest BCUT2D eigenvalue weighted by atomic mass is 16.6. The molecule has 1 unspecified atom stereocenters. The van der Waals surface area contributed by atoms with Crippen LogP contribution in [0.25, 0.3) is 11.0 Å². The van der Waals surface area contributed by atoms with Crippen LogP contribution in [0.2, 0.25) is 0 Å². The van der Waals surface area contributed by atoms with Crippen LogP contribution in [-0.4, -0.2) is 51.7 Å². The van der Waals surface area contributed by atoms with E-state index in [0.717, 1.165) is 55.5 Å². The van der Waals surface area contributed by atoms with E-state index < -0.39 is 0 Å². The van der Waals surface area contributed by atoms with Crippen molar-refractivity contribution in [2.75, 3.05) is 19.7 Å². The molecule has 1 atom stereocenters. The Balaban J connectivity index is 1.44. The molecule has 2 aromatic rings. The van der Waals surface area contributed by atoms with Crippen molar-refractivity contribution in [3.8, 4) is 0 Å². The van der Waals surface area contributed by atoms with E-state index >= 15 is 0 Å². The maximum Gasteiger partial charge on any atom is 0.139 e. The highest BCUT2D eigenvalue weighted by molar-refractivity contribution is 5.76. The summed E-state index contributed by atoms with van der Waals surface area (Å²) in [4.78, 5) is 2.41. The Morgan fingerprint density at radius 3 is 2.90 bits per heavy atom. The van der Waals surface area contributed by atoms with E-state index in [9.17, 15) is 5.11 Å². The SMILES string of the molecule is OC1COC2(CCN(Cc3cccc4nonc34)CC2)C1. The molecule has 3 heterocycles. The van der Waals surface area contributed by atoms with Gasteiger partial charge in [0.2, 0.25) is 0 Å². The molecule has 2 aliphatic heterocycles. The fourth-order valence-corrected chi connectivity index (χ4v) is 3.52. The molecule has 0 bridgehead atoms. The van der Waals surface area contributed by atoms with Crippen molar-refractivity contribution in [2.45, 2.75) is 37.5 Å². The second-order valence-corrected chi connectivity index (χ2v) is 6.18. The second-order valence-electron chi connectivity index (χ2n) is 6.18. The third kappa shape index (κ3) is 2.43. The number of nitrogens with zero attached hydrogens (tertiary/aromatic N) is 3. The lowest BCUT2D eigenvalue weighted by molar-refractivity contribution is -0.0456. The van der Waals surface area contributed by atoms with Gasteiger partial charge in [-0.3, -0.25) is 4.90 Å². The van der Waals surface area contributed by atoms with E-state index in [1.807, 2.05) is 12.1 Å². The average Bonchev–Trinajstić information content (AvgIpc) is 3.10. The van der Waals surface area contributed by atoms with Gasteiger partial charge in [-0.1, -0.05) is 12.1 Å². The van der Waals surface area contributed by atoms with E-state index in [4.69, 9.17) is 9.37 Å². The summed E-state index contributed by atoms with van der Waals surface area (Å²) in [5, 5.41) is 17.6. The molecule has 2 fully saturated rings. The summed E-state index contributed by atoms with van der Waals surface area (Å²) in [5.41, 5.74) is 2.72. The molecule has 1 N–H and O–H groups in total. The molecule has 0 saturated carbocycles. The number of ether oxygens (including phenoxy) is 1. The Hall–Kier alpha value is -1.50. The standard InChI is InChI=1S/C15H19N3O3/c19-12-8-15(20-10-12)4-6-18(7-5-15)9-11-2-1-3-13-14(11)17-21-16-13/h1-3,12,19H,4-10H2. The average molecular weight is 289 g/mol. The number of hydrogen-bond donors (Lipinski definition) is 1. The second kappa shape index (κ2) is 5.05. The van der Waals surface area contributed by atoms with Crippen LogP contribution in [0.15, 0.2) is 22.8 Å². The Morgan fingerprint density at radius 1 is 1.29 bits per heavy atom. The lowest BCUT2D eigenvalue weighted by atomic mass is 9.88. The number of aliphatic hydroxyl groups is 1. The van der Waals surface area contributed by atoms with E-state index in [2.05, 4.69) is 21.3 Å². The molecule has 21 heavy (non-hydrogen) atoms. The molecule has 4 rings (SSSR count). The minimum atomic E-state index is -0.286. The topological polar surface area (TPSA) is 71.6 Å². The third-order valence-electron chi connectivity index (χ3n) is 4.72. The number of benzene rings is 1. The number of hydrogen-bond acceptors (Lipinski definition) is 6. The van der Waals surface area contributed by atoms with Crippen LogP contribution in [0.1, 0.15) is 24.8 Å². The number of fused-ring (bicyclic) bond motifs is 1. The lowest BCUT2D eigenvalue weighted by Gasteiger charge is -2.38. The third-order valence-corrected chi connectivity index (χ3v) is 4.72. The summed E-state index contributed by atoms with van der Waals surface area (Å²) in [7, 11) is 0. The van der Waals surface area contributed by atoms with E-state index in [1.165, 1.54) is 0 Å². The first-order valence-electron chi connectivity index (χ1n) is 7.49. The molecular formula is C15H19N3O3. The van der Waals surface area contributed by atoms with Crippen molar-refractivity contribution in [1.82, 2.24) is 15.2 Å². The van der Waals surface area contributed by atoms with Gasteiger partial charge in [0.25, 0.3) is 0 Å². The monoisotopic (exact) mass is 289 g/mol. The molecule has 2 saturated heterocycles. The summed E-state index contributed by atoms with van der Waals surface area (Å²) in [6, 6.07) is 5.98. The zero-order valence-electron chi connectivity index (χ0n) is 11.9. The van der Waals surface area contributed by atoms with Crippen LogP contribution in [0, 0.1) is 0 Å². The van der Waals surface area contributed by atoms with Crippen molar-refractivity contribution in [3.05, 3.63) is 23.8 Å². The van der Waals surface area contributed by atoms with Crippen LogP contribution < -0.4 is 0 Å². The zero-order chi connectivity index (χ0) is 14.3. The number of likely N-dealkylation sites (tertiary alicyclic amines) is 1. The van der Waals surface area contributed by atoms with Gasteiger partial charge in [0.1, 0.15) is 11.0 Å². The molecule has 2 aliphatic rings. The molecular weight excluding hydrogens is 270 g/mol. The minimum absolute atomic E-state index is 0.0859. The van der Waals surface area contributed by atoms with Crippen molar-refractivity contribution >= 4 is 11.0 Å². The van der Waals surface area contributed by atoms with Gasteiger partial charge in [-0.2, -0.15) is 0 Å². The molecule has 0 aliphatic carbocycles. The van der Waals surface area contributed by atoms with Gasteiger partial charge < -0.3 is 9.84 Å². The molecule has 0 radical (unpaired) electrons. The normalized spacial score (nSPS) is 25.9. The minimum Gasteiger partial charge on any atom is -0.391 e. The Morgan fingerprint density at radius 2 is 2.14 bits per heavy atom. The molecule has 1 aromatic heterocycles. The summed E-state index contributed by atoms with van der Waals surface area (Å²) in [5.74, 6) is 0. The highest BCUT2D eigenvalue weighted by Crippen LogP contribution is 2.36. The van der Waals surface area contributed by atoms with Gasteiger partial charge >= 0.3 is 0 Å². The van der Waals surface area contributed by atoms with Crippen LogP contribution in [0.5, 0.6) is 0 Å². The van der Waals surface area contributed by atoms with Crippen LogP contribution in [0.4, 0.5) is 0 Å². The van der Waals surface area contributed by atoms with Gasteiger partial charge in [-0.05, 0) is 34.8 Å². The van der Waals surface area contributed by atoms with Crippen molar-refractivity contribution < 1.29 is 14.5 Å². The molecule has 1 spiro atoms. The molecule has 1 aromatic carbocycles. The highest BCUT2D eigenvalue weighted by Gasteiger charge is 2.42. The predicted octanol–water partition coefficient (Wildman–Crippen LogP) is 1.34. The molecule has 6 nitrogen and oxygen atoms in total. The fraction of sp³-hybridized carbons (Fsp3) is 0.600. The van der Waals surface area contributed by atoms with Gasteiger partial charge in [-0.15, -0.1) is 0 Å². The van der Waals surface area contributed by atoms with Gasteiger partial charge in [-0.25, -0.2) is 4.63 Å². The van der Waals surface area contributed by atoms with Crippen LogP contribution in [0.3, 0.4) is 0 Å². The Kier molecular flexibility index (Phi) is 3.17.